The quantitative estimate of drug-likeness (QED) is 0.800. The van der Waals surface area contributed by atoms with Gasteiger partial charge in [0.15, 0.2) is 0 Å². The van der Waals surface area contributed by atoms with Gasteiger partial charge < -0.3 is 9.64 Å². The standard InChI is InChI=1S/C20H23ClN2O4S/c1-5-23-17-10-14(7-9-18(17)27-12-20(3,4)19(23)24)22-28(25,26)15-8-6-13(2)16(21)11-15/h6-11,22H,5,12H2,1-4H3. The molecule has 28 heavy (non-hydrogen) atoms. The lowest BCUT2D eigenvalue weighted by atomic mass is 9.93. The maximum atomic E-state index is 12.8. The van der Waals surface area contributed by atoms with Crippen LogP contribution in [0.5, 0.6) is 5.75 Å². The molecule has 8 heteroatoms. The largest absolute Gasteiger partial charge is 0.490 e. The lowest BCUT2D eigenvalue weighted by Gasteiger charge is -2.27. The third kappa shape index (κ3) is 3.82. The maximum absolute atomic E-state index is 12.8. The molecule has 0 aromatic heterocycles. The molecule has 0 atom stereocenters. The van der Waals surface area contributed by atoms with Crippen molar-refractivity contribution in [3.8, 4) is 5.75 Å². The molecule has 0 saturated carbocycles. The number of carbonyl (C=O) groups is 1. The number of amides is 1. The number of ether oxygens (including phenoxy) is 1. The van der Waals surface area contributed by atoms with E-state index in [1.165, 1.54) is 12.1 Å². The summed E-state index contributed by atoms with van der Waals surface area (Å²) < 4.78 is 33.8. The number of benzene rings is 2. The summed E-state index contributed by atoms with van der Waals surface area (Å²) in [6.07, 6.45) is 0. The summed E-state index contributed by atoms with van der Waals surface area (Å²) in [4.78, 5) is 14.5. The molecule has 0 spiro atoms. The van der Waals surface area contributed by atoms with Gasteiger partial charge in [0.25, 0.3) is 10.0 Å². The number of sulfonamides is 1. The van der Waals surface area contributed by atoms with Crippen molar-refractivity contribution < 1.29 is 17.9 Å². The minimum Gasteiger partial charge on any atom is -0.490 e. The highest BCUT2D eigenvalue weighted by molar-refractivity contribution is 7.92. The fourth-order valence-corrected chi connectivity index (χ4v) is 4.30. The third-order valence-electron chi connectivity index (χ3n) is 4.68. The SMILES string of the molecule is CCN1C(=O)C(C)(C)COc2ccc(NS(=O)(=O)c3ccc(C)c(Cl)c3)cc21. The van der Waals surface area contributed by atoms with Gasteiger partial charge in [-0.3, -0.25) is 9.52 Å². The van der Waals surface area contributed by atoms with E-state index in [1.54, 1.807) is 36.1 Å². The van der Waals surface area contributed by atoms with Gasteiger partial charge in [0, 0.05) is 11.6 Å². The number of anilines is 2. The number of nitrogens with one attached hydrogen (secondary N) is 1. The van der Waals surface area contributed by atoms with E-state index < -0.39 is 15.4 Å². The summed E-state index contributed by atoms with van der Waals surface area (Å²) in [7, 11) is -3.83. The Balaban J connectivity index is 1.97. The minimum absolute atomic E-state index is 0.0684. The van der Waals surface area contributed by atoms with Gasteiger partial charge >= 0.3 is 0 Å². The average Bonchev–Trinajstić information content (AvgIpc) is 2.72. The molecular weight excluding hydrogens is 400 g/mol. The lowest BCUT2D eigenvalue weighted by molar-refractivity contribution is -0.127. The highest BCUT2D eigenvalue weighted by Gasteiger charge is 2.37. The summed E-state index contributed by atoms with van der Waals surface area (Å²) in [5.74, 6) is 0.473. The van der Waals surface area contributed by atoms with Crippen molar-refractivity contribution in [1.82, 2.24) is 0 Å². The van der Waals surface area contributed by atoms with Crippen molar-refractivity contribution in [2.45, 2.75) is 32.6 Å². The number of aryl methyl sites for hydroxylation is 1. The van der Waals surface area contributed by atoms with Crippen LogP contribution in [0.3, 0.4) is 0 Å². The van der Waals surface area contributed by atoms with Gasteiger partial charge in [-0.2, -0.15) is 0 Å². The Labute approximate surface area is 170 Å². The van der Waals surface area contributed by atoms with Crippen LogP contribution in [0.1, 0.15) is 26.3 Å². The molecule has 1 aliphatic rings. The number of carbonyl (C=O) groups excluding carboxylic acids is 1. The minimum atomic E-state index is -3.83. The molecule has 6 nitrogen and oxygen atoms in total. The fourth-order valence-electron chi connectivity index (χ4n) is 2.98. The molecule has 1 amide bonds. The van der Waals surface area contributed by atoms with Gasteiger partial charge in [0.05, 0.1) is 21.7 Å². The van der Waals surface area contributed by atoms with Gasteiger partial charge in [-0.15, -0.1) is 0 Å². The Morgan fingerprint density at radius 3 is 2.57 bits per heavy atom. The predicted molar refractivity (Wildman–Crippen MR) is 111 cm³/mol. The smallest absolute Gasteiger partial charge is 0.261 e. The fraction of sp³-hybridized carbons (Fsp3) is 0.350. The molecule has 3 rings (SSSR count). The zero-order valence-corrected chi connectivity index (χ0v) is 17.8. The molecule has 0 saturated heterocycles. The first-order valence-electron chi connectivity index (χ1n) is 8.93. The van der Waals surface area contributed by atoms with E-state index in [1.807, 2.05) is 20.8 Å². The molecule has 150 valence electrons. The van der Waals surface area contributed by atoms with Crippen LogP contribution in [0.2, 0.25) is 5.02 Å². The molecular formula is C20H23ClN2O4S. The average molecular weight is 423 g/mol. The molecule has 0 fully saturated rings. The Kier molecular flexibility index (Phi) is 5.34. The Morgan fingerprint density at radius 1 is 1.21 bits per heavy atom. The number of hydrogen-bond donors (Lipinski definition) is 1. The van der Waals surface area contributed by atoms with Crippen molar-refractivity contribution in [2.75, 3.05) is 22.8 Å². The first-order chi connectivity index (χ1) is 13.0. The van der Waals surface area contributed by atoms with E-state index in [2.05, 4.69) is 4.72 Å². The predicted octanol–water partition coefficient (Wildman–Crippen LogP) is 4.22. The highest BCUT2D eigenvalue weighted by atomic mass is 35.5. The molecule has 1 aliphatic heterocycles. The molecule has 0 radical (unpaired) electrons. The molecule has 2 aromatic rings. The zero-order valence-electron chi connectivity index (χ0n) is 16.2. The molecule has 1 N–H and O–H groups in total. The van der Waals surface area contributed by atoms with E-state index >= 15 is 0 Å². The Morgan fingerprint density at radius 2 is 1.93 bits per heavy atom. The molecule has 0 bridgehead atoms. The van der Waals surface area contributed by atoms with E-state index in [0.717, 1.165) is 5.56 Å². The van der Waals surface area contributed by atoms with Crippen LogP contribution in [-0.2, 0) is 14.8 Å². The molecule has 2 aromatic carbocycles. The Hall–Kier alpha value is -2.25. The van der Waals surface area contributed by atoms with Crippen molar-refractivity contribution in [1.29, 1.82) is 0 Å². The maximum Gasteiger partial charge on any atom is 0.261 e. The molecule has 0 unspecified atom stereocenters. The van der Waals surface area contributed by atoms with E-state index in [0.29, 0.717) is 28.7 Å². The van der Waals surface area contributed by atoms with Crippen molar-refractivity contribution in [3.05, 3.63) is 47.0 Å². The van der Waals surface area contributed by atoms with Crippen LogP contribution in [0.4, 0.5) is 11.4 Å². The second-order valence-electron chi connectivity index (χ2n) is 7.42. The summed E-state index contributed by atoms with van der Waals surface area (Å²) in [5.41, 5.74) is 1.00. The van der Waals surface area contributed by atoms with E-state index in [4.69, 9.17) is 16.3 Å². The summed E-state index contributed by atoms with van der Waals surface area (Å²) >= 11 is 6.06. The van der Waals surface area contributed by atoms with E-state index in [9.17, 15) is 13.2 Å². The first kappa shape index (κ1) is 20.5. The number of hydrogen-bond acceptors (Lipinski definition) is 4. The second kappa shape index (κ2) is 7.29. The number of rotatable bonds is 4. The van der Waals surface area contributed by atoms with Crippen LogP contribution in [0.25, 0.3) is 0 Å². The van der Waals surface area contributed by atoms with Crippen LogP contribution in [0.15, 0.2) is 41.3 Å². The monoisotopic (exact) mass is 422 g/mol. The van der Waals surface area contributed by atoms with Crippen molar-refractivity contribution >= 4 is 38.9 Å². The van der Waals surface area contributed by atoms with Crippen LogP contribution in [-0.4, -0.2) is 27.5 Å². The first-order valence-corrected chi connectivity index (χ1v) is 10.8. The topological polar surface area (TPSA) is 75.7 Å². The van der Waals surface area contributed by atoms with Gasteiger partial charge in [-0.25, -0.2) is 8.42 Å². The lowest BCUT2D eigenvalue weighted by Crippen LogP contribution is -2.42. The normalized spacial score (nSPS) is 16.2. The van der Waals surface area contributed by atoms with Gasteiger partial charge in [0.2, 0.25) is 5.91 Å². The summed E-state index contributed by atoms with van der Waals surface area (Å²) in [5, 5.41) is 0.378. The zero-order chi connectivity index (χ0) is 20.7. The van der Waals surface area contributed by atoms with E-state index in [-0.39, 0.29) is 17.4 Å². The van der Waals surface area contributed by atoms with Gasteiger partial charge in [0.1, 0.15) is 12.4 Å². The number of fused-ring (bicyclic) bond motifs is 1. The van der Waals surface area contributed by atoms with Gasteiger partial charge in [-0.1, -0.05) is 17.7 Å². The van der Waals surface area contributed by atoms with Crippen LogP contribution >= 0.6 is 11.6 Å². The molecule has 1 heterocycles. The summed E-state index contributed by atoms with van der Waals surface area (Å²) in [6, 6.07) is 9.47. The third-order valence-corrected chi connectivity index (χ3v) is 6.47. The van der Waals surface area contributed by atoms with Gasteiger partial charge in [-0.05, 0) is 63.6 Å². The van der Waals surface area contributed by atoms with Crippen LogP contribution < -0.4 is 14.4 Å². The number of nitrogens with zero attached hydrogens (tertiary/aromatic N) is 1. The Bertz CT molecular complexity index is 1030. The number of halogens is 1. The van der Waals surface area contributed by atoms with Crippen molar-refractivity contribution in [2.24, 2.45) is 5.41 Å². The van der Waals surface area contributed by atoms with Crippen molar-refractivity contribution in [3.63, 3.8) is 0 Å². The van der Waals surface area contributed by atoms with Crippen LogP contribution in [0, 0.1) is 12.3 Å². The highest BCUT2D eigenvalue weighted by Crippen LogP contribution is 2.38. The second-order valence-corrected chi connectivity index (χ2v) is 9.51. The molecule has 0 aliphatic carbocycles. The summed E-state index contributed by atoms with van der Waals surface area (Å²) in [6.45, 7) is 8.03.